The van der Waals surface area contributed by atoms with Crippen molar-refractivity contribution in [3.8, 4) is 5.75 Å². The zero-order valence-electron chi connectivity index (χ0n) is 17.5. The van der Waals surface area contributed by atoms with Gasteiger partial charge in [0.2, 0.25) is 0 Å². The Hall–Kier alpha value is -3.71. The molecule has 7 heteroatoms. The van der Waals surface area contributed by atoms with Crippen molar-refractivity contribution in [1.82, 2.24) is 0 Å². The van der Waals surface area contributed by atoms with Crippen LogP contribution in [0.3, 0.4) is 0 Å². The minimum Gasteiger partial charge on any atom is -0.497 e. The van der Waals surface area contributed by atoms with Gasteiger partial charge in [0.25, 0.3) is 0 Å². The van der Waals surface area contributed by atoms with Crippen LogP contribution in [0.2, 0.25) is 0 Å². The van der Waals surface area contributed by atoms with Gasteiger partial charge < -0.3 is 14.4 Å². The van der Waals surface area contributed by atoms with E-state index >= 15 is 0 Å². The molecular weight excluding hydrogens is 396 g/mol. The van der Waals surface area contributed by atoms with Gasteiger partial charge in [-0.05, 0) is 29.8 Å². The number of rotatable bonds is 10. The topological polar surface area (TPSA) is 81.9 Å². The van der Waals surface area contributed by atoms with E-state index in [9.17, 15) is 14.9 Å². The summed E-state index contributed by atoms with van der Waals surface area (Å²) in [6.45, 7) is 1.22. The number of nitro groups is 1. The standard InChI is InChI=1S/C24H24N2O5/c1-30-16-15-25(17-18-11-13-20(31-2)14-12-18)22-10-6-9-21(23(22)26(28)29)24(27)19-7-4-3-5-8-19/h3-14H,15-17H2,1-2H3. The van der Waals surface area contributed by atoms with Gasteiger partial charge in [-0.2, -0.15) is 0 Å². The Bertz CT molecular complexity index is 1040. The molecule has 0 N–H and O–H groups in total. The second kappa shape index (κ2) is 10.4. The third kappa shape index (κ3) is 5.26. The molecule has 3 aromatic rings. The number of hydrogen-bond donors (Lipinski definition) is 0. The maximum absolute atomic E-state index is 13.0. The Morgan fingerprint density at radius 1 is 0.968 bits per heavy atom. The molecular formula is C24H24N2O5. The van der Waals surface area contributed by atoms with Crippen molar-refractivity contribution in [1.29, 1.82) is 0 Å². The van der Waals surface area contributed by atoms with Gasteiger partial charge in [-0.1, -0.05) is 48.5 Å². The van der Waals surface area contributed by atoms with Crippen LogP contribution in [0.25, 0.3) is 0 Å². The van der Waals surface area contributed by atoms with Crippen molar-refractivity contribution in [2.45, 2.75) is 6.54 Å². The zero-order valence-corrected chi connectivity index (χ0v) is 17.5. The minimum atomic E-state index is -0.487. The van der Waals surface area contributed by atoms with E-state index < -0.39 is 4.92 Å². The highest BCUT2D eigenvalue weighted by Crippen LogP contribution is 2.34. The fourth-order valence-corrected chi connectivity index (χ4v) is 3.34. The number of carbonyl (C=O) groups is 1. The lowest BCUT2D eigenvalue weighted by Gasteiger charge is -2.25. The van der Waals surface area contributed by atoms with Crippen LogP contribution >= 0.6 is 0 Å². The van der Waals surface area contributed by atoms with Gasteiger partial charge in [0, 0.05) is 25.8 Å². The lowest BCUT2D eigenvalue weighted by Crippen LogP contribution is -2.28. The lowest BCUT2D eigenvalue weighted by atomic mass is 10.00. The van der Waals surface area contributed by atoms with Crippen LogP contribution in [0.5, 0.6) is 5.75 Å². The van der Waals surface area contributed by atoms with Crippen LogP contribution in [0.4, 0.5) is 11.4 Å². The molecule has 0 aliphatic rings. The molecule has 31 heavy (non-hydrogen) atoms. The van der Waals surface area contributed by atoms with Crippen molar-refractivity contribution in [2.75, 3.05) is 32.3 Å². The summed E-state index contributed by atoms with van der Waals surface area (Å²) in [7, 11) is 3.17. The molecule has 0 unspecified atom stereocenters. The van der Waals surface area contributed by atoms with Crippen molar-refractivity contribution in [2.24, 2.45) is 0 Å². The first kappa shape index (κ1) is 22.0. The average molecular weight is 420 g/mol. The van der Waals surface area contributed by atoms with E-state index in [-0.39, 0.29) is 17.0 Å². The molecule has 0 fully saturated rings. The molecule has 0 bridgehead atoms. The van der Waals surface area contributed by atoms with Crippen molar-refractivity contribution in [3.63, 3.8) is 0 Å². The first-order valence-electron chi connectivity index (χ1n) is 9.79. The highest BCUT2D eigenvalue weighted by atomic mass is 16.6. The molecule has 0 aliphatic heterocycles. The molecule has 0 heterocycles. The predicted octanol–water partition coefficient (Wildman–Crippen LogP) is 4.49. The summed E-state index contributed by atoms with van der Waals surface area (Å²) < 4.78 is 10.4. The van der Waals surface area contributed by atoms with E-state index in [2.05, 4.69) is 0 Å². The van der Waals surface area contributed by atoms with E-state index in [1.807, 2.05) is 29.2 Å². The van der Waals surface area contributed by atoms with E-state index in [0.717, 1.165) is 11.3 Å². The van der Waals surface area contributed by atoms with Gasteiger partial charge in [0.1, 0.15) is 17.0 Å². The average Bonchev–Trinajstić information content (AvgIpc) is 2.81. The monoisotopic (exact) mass is 420 g/mol. The summed E-state index contributed by atoms with van der Waals surface area (Å²) >= 11 is 0. The van der Waals surface area contributed by atoms with Crippen molar-refractivity contribution < 1.29 is 19.2 Å². The van der Waals surface area contributed by atoms with Gasteiger partial charge in [-0.3, -0.25) is 14.9 Å². The summed E-state index contributed by atoms with van der Waals surface area (Å²) in [6.07, 6.45) is 0. The molecule has 160 valence electrons. The number of hydrogen-bond acceptors (Lipinski definition) is 6. The van der Waals surface area contributed by atoms with E-state index in [1.165, 1.54) is 6.07 Å². The summed E-state index contributed by atoms with van der Waals surface area (Å²) in [5, 5.41) is 12.1. The SMILES string of the molecule is COCCN(Cc1ccc(OC)cc1)c1cccc(C(=O)c2ccccc2)c1[N+](=O)[O-]. The van der Waals surface area contributed by atoms with E-state index in [1.54, 1.807) is 56.7 Å². The van der Waals surface area contributed by atoms with Gasteiger partial charge in [0.05, 0.1) is 18.6 Å². The van der Waals surface area contributed by atoms with Gasteiger partial charge in [-0.15, -0.1) is 0 Å². The van der Waals surface area contributed by atoms with Crippen LogP contribution in [0.1, 0.15) is 21.5 Å². The molecule has 0 aromatic heterocycles. The molecule has 0 aliphatic carbocycles. The normalized spacial score (nSPS) is 10.5. The zero-order chi connectivity index (χ0) is 22.2. The molecule has 0 atom stereocenters. The van der Waals surface area contributed by atoms with Gasteiger partial charge >= 0.3 is 5.69 Å². The predicted molar refractivity (Wildman–Crippen MR) is 119 cm³/mol. The lowest BCUT2D eigenvalue weighted by molar-refractivity contribution is -0.384. The number of methoxy groups -OCH3 is 2. The molecule has 3 rings (SSSR count). The number of nitrogens with zero attached hydrogens (tertiary/aromatic N) is 2. The van der Waals surface area contributed by atoms with Crippen LogP contribution in [-0.2, 0) is 11.3 Å². The maximum Gasteiger partial charge on any atom is 0.303 e. The highest BCUT2D eigenvalue weighted by molar-refractivity contribution is 6.12. The second-order valence-electron chi connectivity index (χ2n) is 6.89. The van der Waals surface area contributed by atoms with Crippen LogP contribution in [0, 0.1) is 10.1 Å². The smallest absolute Gasteiger partial charge is 0.303 e. The maximum atomic E-state index is 13.0. The number of para-hydroxylation sites is 1. The number of anilines is 1. The molecule has 0 saturated carbocycles. The first-order chi connectivity index (χ1) is 15.0. The quantitative estimate of drug-likeness (QED) is 0.273. The Kier molecular flexibility index (Phi) is 7.35. The van der Waals surface area contributed by atoms with E-state index in [0.29, 0.717) is 30.9 Å². The third-order valence-electron chi connectivity index (χ3n) is 4.92. The molecule has 0 saturated heterocycles. The Morgan fingerprint density at radius 2 is 1.68 bits per heavy atom. The number of nitro benzene ring substituents is 1. The third-order valence-corrected chi connectivity index (χ3v) is 4.92. The Labute approximate surface area is 181 Å². The molecule has 0 radical (unpaired) electrons. The van der Waals surface area contributed by atoms with E-state index in [4.69, 9.17) is 9.47 Å². The summed E-state index contributed by atoms with van der Waals surface area (Å²) in [5.74, 6) is 0.346. The number of ketones is 1. The fourth-order valence-electron chi connectivity index (χ4n) is 3.34. The second-order valence-corrected chi connectivity index (χ2v) is 6.89. The molecule has 7 nitrogen and oxygen atoms in total. The highest BCUT2D eigenvalue weighted by Gasteiger charge is 2.28. The number of benzene rings is 3. The van der Waals surface area contributed by atoms with Gasteiger partial charge in [0.15, 0.2) is 5.78 Å². The summed E-state index contributed by atoms with van der Waals surface area (Å²) in [4.78, 5) is 26.5. The minimum absolute atomic E-state index is 0.0610. The van der Waals surface area contributed by atoms with Crippen molar-refractivity contribution in [3.05, 3.63) is 99.6 Å². The fraction of sp³-hybridized carbons (Fsp3) is 0.208. The Morgan fingerprint density at radius 3 is 2.29 bits per heavy atom. The van der Waals surface area contributed by atoms with Crippen LogP contribution < -0.4 is 9.64 Å². The number of ether oxygens (including phenoxy) is 2. The van der Waals surface area contributed by atoms with Crippen LogP contribution in [0.15, 0.2) is 72.8 Å². The molecule has 0 spiro atoms. The molecule has 3 aromatic carbocycles. The first-order valence-corrected chi connectivity index (χ1v) is 9.79. The van der Waals surface area contributed by atoms with Gasteiger partial charge in [-0.25, -0.2) is 0 Å². The molecule has 0 amide bonds. The number of carbonyl (C=O) groups excluding carboxylic acids is 1. The largest absolute Gasteiger partial charge is 0.497 e. The van der Waals surface area contributed by atoms with Crippen LogP contribution in [-0.4, -0.2) is 38.1 Å². The Balaban J connectivity index is 2.03. The van der Waals surface area contributed by atoms with Crippen molar-refractivity contribution >= 4 is 17.2 Å². The summed E-state index contributed by atoms with van der Waals surface area (Å²) in [5.41, 5.74) is 1.58. The summed E-state index contributed by atoms with van der Waals surface area (Å²) in [6, 6.07) is 20.9.